The van der Waals surface area contributed by atoms with E-state index >= 15 is 0 Å². The van der Waals surface area contributed by atoms with Crippen LogP contribution in [-0.4, -0.2) is 58.9 Å². The Morgan fingerprint density at radius 2 is 2.43 bits per heavy atom. The van der Waals surface area contributed by atoms with Gasteiger partial charge in [-0.15, -0.1) is 11.3 Å². The van der Waals surface area contributed by atoms with E-state index in [9.17, 15) is 5.11 Å². The van der Waals surface area contributed by atoms with E-state index in [1.54, 1.807) is 11.3 Å². The van der Waals surface area contributed by atoms with Gasteiger partial charge < -0.3 is 15.2 Å². The summed E-state index contributed by atoms with van der Waals surface area (Å²) in [5.74, 6) is 1.69. The van der Waals surface area contributed by atoms with Crippen LogP contribution in [-0.2, 0) is 11.3 Å². The van der Waals surface area contributed by atoms with Gasteiger partial charge in [-0.3, -0.25) is 4.90 Å². The molecule has 3 heterocycles. The fraction of sp³-hybridized carbons (Fsp3) is 0.571. The molecular weight excluding hydrogens is 288 g/mol. The van der Waals surface area contributed by atoms with Crippen LogP contribution in [0.15, 0.2) is 11.4 Å². The van der Waals surface area contributed by atoms with Gasteiger partial charge in [0.05, 0.1) is 37.8 Å². The van der Waals surface area contributed by atoms with Gasteiger partial charge in [0, 0.05) is 13.1 Å². The van der Waals surface area contributed by atoms with Crippen molar-refractivity contribution in [2.75, 3.05) is 38.2 Å². The molecule has 1 atom stereocenters. The van der Waals surface area contributed by atoms with Gasteiger partial charge in [0.15, 0.2) is 0 Å². The van der Waals surface area contributed by atoms with Crippen LogP contribution in [0.2, 0.25) is 0 Å². The van der Waals surface area contributed by atoms with Crippen molar-refractivity contribution in [1.29, 1.82) is 0 Å². The highest BCUT2D eigenvalue weighted by atomic mass is 32.1. The van der Waals surface area contributed by atoms with E-state index in [0.29, 0.717) is 19.8 Å². The molecule has 0 amide bonds. The summed E-state index contributed by atoms with van der Waals surface area (Å²) in [4.78, 5) is 12.5. The number of thiophene rings is 1. The first-order valence-electron chi connectivity index (χ1n) is 7.22. The van der Waals surface area contributed by atoms with Gasteiger partial charge >= 0.3 is 0 Å². The normalized spacial score (nSPS) is 20.0. The number of hydrogen-bond donors (Lipinski definition) is 2. The van der Waals surface area contributed by atoms with Crippen LogP contribution in [0.4, 0.5) is 5.82 Å². The molecule has 3 rings (SSSR count). The standard InChI is InChI=1S/C14H20N4O2S/c1-2-15-13-11-3-6-21-14(11)17-12(16-13)7-18-4-5-20-9-10(18)8-19/h3,6,10,19H,2,4-5,7-9H2,1H3,(H,15,16,17). The summed E-state index contributed by atoms with van der Waals surface area (Å²) in [6.45, 7) is 5.69. The van der Waals surface area contributed by atoms with Gasteiger partial charge in [0.25, 0.3) is 0 Å². The first kappa shape index (κ1) is 14.6. The fourth-order valence-electron chi connectivity index (χ4n) is 2.52. The minimum absolute atomic E-state index is 0.0315. The number of anilines is 1. The Labute approximate surface area is 127 Å². The molecular formula is C14H20N4O2S. The molecule has 2 aromatic rings. The predicted molar refractivity (Wildman–Crippen MR) is 83.7 cm³/mol. The third-order valence-corrected chi connectivity index (χ3v) is 4.43. The van der Waals surface area contributed by atoms with Crippen LogP contribution in [0.25, 0.3) is 10.2 Å². The van der Waals surface area contributed by atoms with Gasteiger partial charge in [-0.1, -0.05) is 0 Å². The van der Waals surface area contributed by atoms with E-state index in [2.05, 4.69) is 27.1 Å². The molecule has 0 aliphatic carbocycles. The quantitative estimate of drug-likeness (QED) is 0.868. The van der Waals surface area contributed by atoms with Crippen LogP contribution in [0.5, 0.6) is 0 Å². The Balaban J connectivity index is 1.85. The van der Waals surface area contributed by atoms with Gasteiger partial charge in [-0.25, -0.2) is 9.97 Å². The Bertz CT molecular complexity index is 604. The molecule has 0 bridgehead atoms. The number of fused-ring (bicyclic) bond motifs is 1. The second-order valence-corrected chi connectivity index (χ2v) is 5.93. The lowest BCUT2D eigenvalue weighted by Gasteiger charge is -2.33. The lowest BCUT2D eigenvalue weighted by Crippen LogP contribution is -2.47. The number of aromatic nitrogens is 2. The topological polar surface area (TPSA) is 70.5 Å². The summed E-state index contributed by atoms with van der Waals surface area (Å²) < 4.78 is 5.41. The molecule has 2 N–H and O–H groups in total. The molecule has 1 unspecified atom stereocenters. The number of hydrogen-bond acceptors (Lipinski definition) is 7. The second kappa shape index (κ2) is 6.65. The Hall–Kier alpha value is -1.28. The molecule has 0 aromatic carbocycles. The molecule has 7 heteroatoms. The minimum atomic E-state index is 0.0315. The molecule has 1 fully saturated rings. The highest BCUT2D eigenvalue weighted by molar-refractivity contribution is 7.16. The van der Waals surface area contributed by atoms with Crippen molar-refractivity contribution < 1.29 is 9.84 Å². The molecule has 1 saturated heterocycles. The van der Waals surface area contributed by atoms with Gasteiger partial charge in [0.1, 0.15) is 16.5 Å². The molecule has 0 spiro atoms. The van der Waals surface area contributed by atoms with Crippen molar-refractivity contribution in [3.8, 4) is 0 Å². The van der Waals surface area contributed by atoms with E-state index in [4.69, 9.17) is 4.74 Å². The van der Waals surface area contributed by atoms with Crippen LogP contribution >= 0.6 is 11.3 Å². The van der Waals surface area contributed by atoms with Crippen LogP contribution < -0.4 is 5.32 Å². The maximum atomic E-state index is 9.44. The Morgan fingerprint density at radius 3 is 3.24 bits per heavy atom. The molecule has 6 nitrogen and oxygen atoms in total. The van der Waals surface area contributed by atoms with Crippen molar-refractivity contribution >= 4 is 27.4 Å². The minimum Gasteiger partial charge on any atom is -0.395 e. The van der Waals surface area contributed by atoms with Gasteiger partial charge in [0.2, 0.25) is 0 Å². The summed E-state index contributed by atoms with van der Waals surface area (Å²) in [5.41, 5.74) is 0. The number of aliphatic hydroxyl groups is 1. The largest absolute Gasteiger partial charge is 0.395 e. The number of morpholine rings is 1. The number of nitrogens with one attached hydrogen (secondary N) is 1. The van der Waals surface area contributed by atoms with Crippen molar-refractivity contribution in [3.63, 3.8) is 0 Å². The number of ether oxygens (including phenoxy) is 1. The molecule has 1 aliphatic heterocycles. The van der Waals surface area contributed by atoms with Crippen molar-refractivity contribution in [3.05, 3.63) is 17.3 Å². The third-order valence-electron chi connectivity index (χ3n) is 3.62. The van der Waals surface area contributed by atoms with Crippen molar-refractivity contribution in [1.82, 2.24) is 14.9 Å². The average Bonchev–Trinajstić information content (AvgIpc) is 2.97. The zero-order chi connectivity index (χ0) is 14.7. The number of nitrogens with zero attached hydrogens (tertiary/aromatic N) is 3. The van der Waals surface area contributed by atoms with E-state index < -0.39 is 0 Å². The van der Waals surface area contributed by atoms with Gasteiger partial charge in [-0.2, -0.15) is 0 Å². The maximum Gasteiger partial charge on any atom is 0.146 e. The Morgan fingerprint density at radius 1 is 1.52 bits per heavy atom. The molecule has 2 aromatic heterocycles. The highest BCUT2D eigenvalue weighted by Crippen LogP contribution is 2.25. The smallest absolute Gasteiger partial charge is 0.146 e. The zero-order valence-corrected chi connectivity index (χ0v) is 12.9. The third kappa shape index (κ3) is 3.16. The average molecular weight is 308 g/mol. The first-order valence-corrected chi connectivity index (χ1v) is 8.10. The molecule has 0 saturated carbocycles. The molecule has 21 heavy (non-hydrogen) atoms. The molecule has 114 valence electrons. The zero-order valence-electron chi connectivity index (χ0n) is 12.1. The summed E-state index contributed by atoms with van der Waals surface area (Å²) in [7, 11) is 0. The molecule has 0 radical (unpaired) electrons. The SMILES string of the molecule is CCNc1nc(CN2CCOCC2CO)nc2sccc12. The number of aliphatic hydroxyl groups excluding tert-OH is 1. The van der Waals surface area contributed by atoms with Crippen molar-refractivity contribution in [2.24, 2.45) is 0 Å². The summed E-state index contributed by atoms with van der Waals surface area (Å²) >= 11 is 1.63. The molecule has 1 aliphatic rings. The first-order chi connectivity index (χ1) is 10.3. The Kier molecular flexibility index (Phi) is 4.64. The summed E-state index contributed by atoms with van der Waals surface area (Å²) in [5, 5.41) is 15.9. The second-order valence-electron chi connectivity index (χ2n) is 5.04. The van der Waals surface area contributed by atoms with Crippen molar-refractivity contribution in [2.45, 2.75) is 19.5 Å². The lowest BCUT2D eigenvalue weighted by molar-refractivity contribution is -0.0322. The van der Waals surface area contributed by atoms with E-state index in [0.717, 1.165) is 34.9 Å². The maximum absolute atomic E-state index is 9.44. The number of rotatable bonds is 5. The fourth-order valence-corrected chi connectivity index (χ4v) is 3.30. The highest BCUT2D eigenvalue weighted by Gasteiger charge is 2.23. The van der Waals surface area contributed by atoms with E-state index in [1.165, 1.54) is 0 Å². The summed E-state index contributed by atoms with van der Waals surface area (Å²) in [6.07, 6.45) is 0. The van der Waals surface area contributed by atoms with Crippen LogP contribution in [0, 0.1) is 0 Å². The van der Waals surface area contributed by atoms with Crippen LogP contribution in [0.1, 0.15) is 12.7 Å². The predicted octanol–water partition coefficient (Wildman–Crippen LogP) is 1.32. The van der Waals surface area contributed by atoms with Crippen LogP contribution in [0.3, 0.4) is 0 Å². The monoisotopic (exact) mass is 308 g/mol. The lowest BCUT2D eigenvalue weighted by atomic mass is 10.2. The van der Waals surface area contributed by atoms with E-state index in [1.807, 2.05) is 11.4 Å². The van der Waals surface area contributed by atoms with Gasteiger partial charge in [-0.05, 0) is 18.4 Å². The summed E-state index contributed by atoms with van der Waals surface area (Å²) in [6, 6.07) is 2.08. The van der Waals surface area contributed by atoms with E-state index in [-0.39, 0.29) is 12.6 Å².